The first-order valence-corrected chi connectivity index (χ1v) is 7.25. The maximum atomic E-state index is 13.6. The summed E-state index contributed by atoms with van der Waals surface area (Å²) in [5, 5.41) is 0. The van der Waals surface area contributed by atoms with E-state index >= 15 is 0 Å². The van der Waals surface area contributed by atoms with Crippen molar-refractivity contribution in [3.63, 3.8) is 0 Å². The third-order valence-corrected chi connectivity index (χ3v) is 3.86. The van der Waals surface area contributed by atoms with Crippen LogP contribution in [0.5, 0.6) is 0 Å². The number of carbonyl (C=O) groups is 1. The Bertz CT molecular complexity index is 783. The van der Waals surface area contributed by atoms with Crippen LogP contribution >= 0.6 is 22.6 Å². The molecule has 2 aromatic carbocycles. The normalized spacial score (nSPS) is 16.0. The first-order valence-electron chi connectivity index (χ1n) is 6.17. The van der Waals surface area contributed by atoms with Gasteiger partial charge in [-0.05, 0) is 46.9 Å². The molecule has 0 radical (unpaired) electrons. The summed E-state index contributed by atoms with van der Waals surface area (Å²) in [6.07, 6.45) is 1.39. The van der Waals surface area contributed by atoms with Crippen molar-refractivity contribution in [3.8, 4) is 0 Å². The van der Waals surface area contributed by atoms with Crippen LogP contribution in [0.15, 0.2) is 59.2 Å². The van der Waals surface area contributed by atoms with E-state index in [-0.39, 0.29) is 11.6 Å². The molecule has 0 N–H and O–H groups in total. The summed E-state index contributed by atoms with van der Waals surface area (Å²) in [6, 6.07) is 13.6. The third kappa shape index (κ3) is 2.87. The van der Waals surface area contributed by atoms with Crippen molar-refractivity contribution < 1.29 is 13.9 Å². The van der Waals surface area contributed by atoms with Gasteiger partial charge in [0.05, 0.1) is 5.56 Å². The van der Waals surface area contributed by atoms with Crippen LogP contribution in [0.25, 0.3) is 6.08 Å². The Kier molecular flexibility index (Phi) is 3.83. The summed E-state index contributed by atoms with van der Waals surface area (Å²) in [7, 11) is 0. The van der Waals surface area contributed by atoms with E-state index in [9.17, 15) is 9.18 Å². The second-order valence-electron chi connectivity index (χ2n) is 4.34. The van der Waals surface area contributed by atoms with Crippen molar-refractivity contribution in [3.05, 3.63) is 74.7 Å². The fraction of sp³-hybridized carbons (Fsp3) is 0. The molecule has 0 aromatic heterocycles. The highest BCUT2D eigenvalue weighted by Crippen LogP contribution is 2.22. The van der Waals surface area contributed by atoms with Gasteiger partial charge >= 0.3 is 5.97 Å². The number of hydrogen-bond acceptors (Lipinski definition) is 3. The number of esters is 1. The zero-order chi connectivity index (χ0) is 14.8. The van der Waals surface area contributed by atoms with Crippen LogP contribution in [0.3, 0.4) is 0 Å². The van der Waals surface area contributed by atoms with Gasteiger partial charge < -0.3 is 4.74 Å². The summed E-state index contributed by atoms with van der Waals surface area (Å²) in [6.45, 7) is 0. The lowest BCUT2D eigenvalue weighted by Gasteiger charge is -2.01. The van der Waals surface area contributed by atoms with Gasteiger partial charge in [0, 0.05) is 9.13 Å². The molecule has 0 bridgehead atoms. The summed E-state index contributed by atoms with van der Waals surface area (Å²) in [5.74, 6) is -0.740. The van der Waals surface area contributed by atoms with Gasteiger partial charge in [-0.3, -0.25) is 0 Å². The molecule has 0 atom stereocenters. The summed E-state index contributed by atoms with van der Waals surface area (Å²) >= 11 is 2.14. The minimum absolute atomic E-state index is 0.0924. The first kappa shape index (κ1) is 13.9. The van der Waals surface area contributed by atoms with Gasteiger partial charge in [0.2, 0.25) is 5.90 Å². The van der Waals surface area contributed by atoms with E-state index < -0.39 is 11.8 Å². The van der Waals surface area contributed by atoms with Gasteiger partial charge in [0.15, 0.2) is 5.70 Å². The van der Waals surface area contributed by atoms with Gasteiger partial charge in [-0.1, -0.05) is 30.3 Å². The summed E-state index contributed by atoms with van der Waals surface area (Å²) < 4.78 is 19.7. The summed E-state index contributed by atoms with van der Waals surface area (Å²) in [4.78, 5) is 16.0. The molecular formula is C16H9FINO2. The molecule has 3 rings (SSSR count). The van der Waals surface area contributed by atoms with E-state index in [4.69, 9.17) is 4.74 Å². The van der Waals surface area contributed by atoms with Gasteiger partial charge in [-0.2, -0.15) is 0 Å². The van der Waals surface area contributed by atoms with Crippen LogP contribution in [0, 0.1) is 9.39 Å². The number of ether oxygens (including phenoxy) is 1. The maximum Gasteiger partial charge on any atom is 0.363 e. The van der Waals surface area contributed by atoms with Gasteiger partial charge in [-0.25, -0.2) is 14.2 Å². The number of rotatable bonds is 2. The molecule has 1 aliphatic rings. The minimum atomic E-state index is -0.576. The van der Waals surface area contributed by atoms with Crippen molar-refractivity contribution in [1.29, 1.82) is 0 Å². The van der Waals surface area contributed by atoms with E-state index in [0.29, 0.717) is 5.56 Å². The monoisotopic (exact) mass is 393 g/mol. The number of carbonyl (C=O) groups excluding carboxylic acids is 1. The van der Waals surface area contributed by atoms with Gasteiger partial charge in [0.25, 0.3) is 0 Å². The Labute approximate surface area is 134 Å². The molecule has 0 saturated heterocycles. The van der Waals surface area contributed by atoms with Crippen LogP contribution in [0.2, 0.25) is 0 Å². The van der Waals surface area contributed by atoms with Crippen LogP contribution in [-0.4, -0.2) is 11.9 Å². The quantitative estimate of drug-likeness (QED) is 0.443. The molecule has 1 aliphatic heterocycles. The van der Waals surface area contributed by atoms with Crippen LogP contribution in [0.4, 0.5) is 4.39 Å². The number of aliphatic imine (C=N–C) groups is 1. The molecule has 104 valence electrons. The van der Waals surface area contributed by atoms with Crippen molar-refractivity contribution in [2.45, 2.75) is 0 Å². The Morgan fingerprint density at radius 2 is 1.81 bits per heavy atom. The Morgan fingerprint density at radius 3 is 2.57 bits per heavy atom. The number of nitrogens with zero attached hydrogens (tertiary/aromatic N) is 1. The zero-order valence-electron chi connectivity index (χ0n) is 10.7. The van der Waals surface area contributed by atoms with E-state index in [1.54, 1.807) is 18.2 Å². The second-order valence-corrected chi connectivity index (χ2v) is 5.50. The highest BCUT2D eigenvalue weighted by Gasteiger charge is 2.25. The number of halogens is 2. The molecule has 3 nitrogen and oxygen atoms in total. The minimum Gasteiger partial charge on any atom is -0.402 e. The van der Waals surface area contributed by atoms with Gasteiger partial charge in [0.1, 0.15) is 5.82 Å². The Balaban J connectivity index is 2.00. The molecule has 5 heteroatoms. The van der Waals surface area contributed by atoms with Crippen LogP contribution < -0.4 is 0 Å². The van der Waals surface area contributed by atoms with E-state index in [1.807, 2.05) is 24.3 Å². The average molecular weight is 393 g/mol. The molecule has 0 saturated carbocycles. The molecule has 21 heavy (non-hydrogen) atoms. The SMILES string of the molecule is O=C1OC(c2ccccc2I)=N/C1=C/c1ccccc1F. The highest BCUT2D eigenvalue weighted by molar-refractivity contribution is 14.1. The Hall–Kier alpha value is -2.02. The van der Waals surface area contributed by atoms with Gasteiger partial charge in [-0.15, -0.1) is 0 Å². The average Bonchev–Trinajstić information content (AvgIpc) is 2.83. The zero-order valence-corrected chi connectivity index (χ0v) is 12.9. The maximum absolute atomic E-state index is 13.6. The highest BCUT2D eigenvalue weighted by atomic mass is 127. The van der Waals surface area contributed by atoms with Crippen molar-refractivity contribution in [2.75, 3.05) is 0 Å². The van der Waals surface area contributed by atoms with Crippen molar-refractivity contribution in [1.82, 2.24) is 0 Å². The molecule has 0 fully saturated rings. The molecule has 0 spiro atoms. The fourth-order valence-corrected chi connectivity index (χ4v) is 2.52. The van der Waals surface area contributed by atoms with E-state index in [2.05, 4.69) is 27.6 Å². The lowest BCUT2D eigenvalue weighted by Crippen LogP contribution is -2.06. The molecule has 1 heterocycles. The second kappa shape index (κ2) is 5.77. The molecule has 0 amide bonds. The van der Waals surface area contributed by atoms with Crippen LogP contribution in [0.1, 0.15) is 11.1 Å². The fourth-order valence-electron chi connectivity index (χ4n) is 1.90. The smallest absolute Gasteiger partial charge is 0.363 e. The predicted molar refractivity (Wildman–Crippen MR) is 86.2 cm³/mol. The molecule has 0 aliphatic carbocycles. The van der Waals surface area contributed by atoms with Crippen molar-refractivity contribution >= 4 is 40.5 Å². The standard InChI is InChI=1S/C16H9FINO2/c17-12-7-3-1-5-10(12)9-14-16(20)21-15(19-14)11-6-2-4-8-13(11)18/h1-9H/b14-9+. The van der Waals surface area contributed by atoms with Crippen molar-refractivity contribution in [2.24, 2.45) is 4.99 Å². The van der Waals surface area contributed by atoms with E-state index in [1.165, 1.54) is 12.1 Å². The number of cyclic esters (lactones) is 1. The lowest BCUT2D eigenvalue weighted by molar-refractivity contribution is -0.129. The largest absolute Gasteiger partial charge is 0.402 e. The van der Waals surface area contributed by atoms with Crippen LogP contribution in [-0.2, 0) is 9.53 Å². The molecule has 2 aromatic rings. The first-order chi connectivity index (χ1) is 10.1. The molecular weight excluding hydrogens is 384 g/mol. The lowest BCUT2D eigenvalue weighted by atomic mass is 10.2. The summed E-state index contributed by atoms with van der Waals surface area (Å²) in [5.41, 5.74) is 1.13. The third-order valence-electron chi connectivity index (χ3n) is 2.92. The number of hydrogen-bond donors (Lipinski definition) is 0. The van der Waals surface area contributed by atoms with E-state index in [0.717, 1.165) is 9.13 Å². The predicted octanol–water partition coefficient (Wildman–Crippen LogP) is 3.77. The Morgan fingerprint density at radius 1 is 1.10 bits per heavy atom. The topological polar surface area (TPSA) is 38.7 Å². The number of benzene rings is 2. The molecule has 0 unspecified atom stereocenters.